The molecule has 1 amide bonds. The Balaban J connectivity index is 2.26. The van der Waals surface area contributed by atoms with E-state index in [0.29, 0.717) is 11.3 Å². The number of carboxylic acid groups (broad SMARTS) is 1. The minimum absolute atomic E-state index is 0.0468. The summed E-state index contributed by atoms with van der Waals surface area (Å²) in [5.74, 6) is -1.99. The number of hydrogen-bond acceptors (Lipinski definition) is 4. The normalized spacial score (nSPS) is 10.0. The van der Waals surface area contributed by atoms with Gasteiger partial charge < -0.3 is 16.2 Å². The Morgan fingerprint density at radius 1 is 1.00 bits per heavy atom. The molecule has 22 heavy (non-hydrogen) atoms. The molecule has 0 aliphatic heterocycles. The molecule has 0 unspecified atom stereocenters. The molecular formula is C16H14N2O4. The lowest BCUT2D eigenvalue weighted by Crippen LogP contribution is -2.17. The Morgan fingerprint density at radius 2 is 1.68 bits per heavy atom. The fraction of sp³-hybridized carbons (Fsp3) is 0.0625. The minimum Gasteiger partial charge on any atom is -0.478 e. The van der Waals surface area contributed by atoms with Crippen molar-refractivity contribution < 1.29 is 19.5 Å². The van der Waals surface area contributed by atoms with Gasteiger partial charge in [0.25, 0.3) is 5.91 Å². The standard InChI is InChI=1S/C16H14N2O4/c17-9-14(19)10-4-3-5-11(8-10)18-15(20)12-6-1-2-7-13(12)16(21)22/h1-8H,9,17H2,(H,18,20)(H,21,22). The summed E-state index contributed by atoms with van der Waals surface area (Å²) in [5.41, 5.74) is 6.03. The van der Waals surface area contributed by atoms with E-state index in [4.69, 9.17) is 10.8 Å². The number of ketones is 1. The van der Waals surface area contributed by atoms with Gasteiger partial charge in [0, 0.05) is 11.3 Å². The molecule has 0 aliphatic carbocycles. The van der Waals surface area contributed by atoms with Gasteiger partial charge in [0.2, 0.25) is 0 Å². The van der Waals surface area contributed by atoms with Crippen LogP contribution in [0.5, 0.6) is 0 Å². The lowest BCUT2D eigenvalue weighted by Gasteiger charge is -2.08. The number of nitrogens with one attached hydrogen (secondary N) is 1. The molecule has 6 heteroatoms. The van der Waals surface area contributed by atoms with E-state index in [1.165, 1.54) is 18.2 Å². The molecule has 2 rings (SSSR count). The fourth-order valence-corrected chi connectivity index (χ4v) is 1.95. The van der Waals surface area contributed by atoms with E-state index < -0.39 is 11.9 Å². The van der Waals surface area contributed by atoms with Gasteiger partial charge in [-0.05, 0) is 24.3 Å². The number of nitrogens with two attached hydrogens (primary N) is 1. The lowest BCUT2D eigenvalue weighted by molar-refractivity contribution is 0.0692. The summed E-state index contributed by atoms with van der Waals surface area (Å²) in [5, 5.41) is 11.7. The zero-order valence-corrected chi connectivity index (χ0v) is 11.6. The van der Waals surface area contributed by atoms with Gasteiger partial charge in [0.1, 0.15) is 0 Å². The first kappa shape index (κ1) is 15.4. The molecule has 0 heterocycles. The summed E-state index contributed by atoms with van der Waals surface area (Å²) in [4.78, 5) is 34.9. The average Bonchev–Trinajstić information content (AvgIpc) is 2.54. The van der Waals surface area contributed by atoms with Gasteiger partial charge >= 0.3 is 5.97 Å². The fourth-order valence-electron chi connectivity index (χ4n) is 1.95. The molecule has 6 nitrogen and oxygen atoms in total. The van der Waals surface area contributed by atoms with Crippen molar-refractivity contribution in [2.75, 3.05) is 11.9 Å². The zero-order valence-electron chi connectivity index (χ0n) is 11.6. The highest BCUT2D eigenvalue weighted by Crippen LogP contribution is 2.15. The number of carbonyl (C=O) groups is 3. The van der Waals surface area contributed by atoms with Crippen molar-refractivity contribution >= 4 is 23.3 Å². The van der Waals surface area contributed by atoms with Crippen LogP contribution in [-0.4, -0.2) is 29.3 Å². The maximum atomic E-state index is 12.2. The SMILES string of the molecule is NCC(=O)c1cccc(NC(=O)c2ccccc2C(=O)O)c1. The Labute approximate surface area is 126 Å². The van der Waals surface area contributed by atoms with Crippen LogP contribution in [0, 0.1) is 0 Å². The van der Waals surface area contributed by atoms with Crippen LogP contribution in [0.25, 0.3) is 0 Å². The summed E-state index contributed by atoms with van der Waals surface area (Å²) in [6.45, 7) is -0.126. The third-order valence-electron chi connectivity index (χ3n) is 3.03. The van der Waals surface area contributed by atoms with Crippen molar-refractivity contribution in [1.82, 2.24) is 0 Å². The number of benzene rings is 2. The molecule has 0 aromatic heterocycles. The van der Waals surface area contributed by atoms with E-state index in [1.807, 2.05) is 0 Å². The van der Waals surface area contributed by atoms with Crippen LogP contribution in [-0.2, 0) is 0 Å². The van der Waals surface area contributed by atoms with Gasteiger partial charge in [-0.15, -0.1) is 0 Å². The molecule has 0 radical (unpaired) electrons. The summed E-state index contributed by atoms with van der Waals surface area (Å²) in [7, 11) is 0. The highest BCUT2D eigenvalue weighted by Gasteiger charge is 2.16. The molecule has 0 aliphatic rings. The van der Waals surface area contributed by atoms with Crippen molar-refractivity contribution in [1.29, 1.82) is 0 Å². The maximum Gasteiger partial charge on any atom is 0.336 e. The molecule has 0 bridgehead atoms. The quantitative estimate of drug-likeness (QED) is 0.729. The van der Waals surface area contributed by atoms with E-state index >= 15 is 0 Å². The third-order valence-corrected chi connectivity index (χ3v) is 3.03. The molecule has 4 N–H and O–H groups in total. The van der Waals surface area contributed by atoms with Gasteiger partial charge in [-0.3, -0.25) is 9.59 Å². The van der Waals surface area contributed by atoms with Gasteiger partial charge in [-0.25, -0.2) is 4.79 Å². The smallest absolute Gasteiger partial charge is 0.336 e. The minimum atomic E-state index is -1.18. The summed E-state index contributed by atoms with van der Waals surface area (Å²) in [6, 6.07) is 12.2. The topological polar surface area (TPSA) is 109 Å². The Hall–Kier alpha value is -2.99. The second-order valence-corrected chi connectivity index (χ2v) is 4.51. The number of carboxylic acids is 1. The summed E-state index contributed by atoms with van der Waals surface area (Å²) < 4.78 is 0. The van der Waals surface area contributed by atoms with Gasteiger partial charge in [0.15, 0.2) is 5.78 Å². The predicted molar refractivity (Wildman–Crippen MR) is 81.2 cm³/mol. The number of amides is 1. The second kappa shape index (κ2) is 6.64. The molecule has 0 fully saturated rings. The van der Waals surface area contributed by atoms with E-state index in [9.17, 15) is 14.4 Å². The number of aromatic carboxylic acids is 1. The van der Waals surface area contributed by atoms with Crippen LogP contribution >= 0.6 is 0 Å². The molecule has 2 aromatic rings. The van der Waals surface area contributed by atoms with Crippen LogP contribution < -0.4 is 11.1 Å². The molecule has 112 valence electrons. The molecule has 0 spiro atoms. The maximum absolute atomic E-state index is 12.2. The number of Topliss-reactive ketones (excluding diaryl/α,β-unsaturated/α-hetero) is 1. The highest BCUT2D eigenvalue weighted by atomic mass is 16.4. The largest absolute Gasteiger partial charge is 0.478 e. The number of carbonyl (C=O) groups excluding carboxylic acids is 2. The Morgan fingerprint density at radius 3 is 2.32 bits per heavy atom. The van der Waals surface area contributed by atoms with Gasteiger partial charge in [-0.2, -0.15) is 0 Å². The average molecular weight is 298 g/mol. The molecule has 0 saturated carbocycles. The van der Waals surface area contributed by atoms with E-state index in [1.54, 1.807) is 30.3 Å². The zero-order chi connectivity index (χ0) is 16.1. The first-order valence-corrected chi connectivity index (χ1v) is 6.50. The lowest BCUT2D eigenvalue weighted by atomic mass is 10.1. The number of anilines is 1. The van der Waals surface area contributed by atoms with Crippen molar-refractivity contribution in [2.24, 2.45) is 5.73 Å². The van der Waals surface area contributed by atoms with Crippen LogP contribution in [0.3, 0.4) is 0 Å². The van der Waals surface area contributed by atoms with Gasteiger partial charge in [-0.1, -0.05) is 24.3 Å². The molecular weight excluding hydrogens is 284 g/mol. The molecule has 2 aromatic carbocycles. The molecule has 0 saturated heterocycles. The van der Waals surface area contributed by atoms with E-state index in [0.717, 1.165) is 0 Å². The van der Waals surface area contributed by atoms with Crippen molar-refractivity contribution in [3.63, 3.8) is 0 Å². The second-order valence-electron chi connectivity index (χ2n) is 4.51. The van der Waals surface area contributed by atoms with Crippen LogP contribution in [0.4, 0.5) is 5.69 Å². The third kappa shape index (κ3) is 3.36. The highest BCUT2D eigenvalue weighted by molar-refractivity contribution is 6.11. The number of rotatable bonds is 5. The number of hydrogen-bond donors (Lipinski definition) is 3. The van der Waals surface area contributed by atoms with Crippen LogP contribution in [0.15, 0.2) is 48.5 Å². The van der Waals surface area contributed by atoms with Crippen molar-refractivity contribution in [2.45, 2.75) is 0 Å². The Kier molecular flexibility index (Phi) is 4.65. The van der Waals surface area contributed by atoms with Gasteiger partial charge in [0.05, 0.1) is 17.7 Å². The van der Waals surface area contributed by atoms with E-state index in [-0.39, 0.29) is 23.5 Å². The first-order valence-electron chi connectivity index (χ1n) is 6.50. The summed E-state index contributed by atoms with van der Waals surface area (Å²) in [6.07, 6.45) is 0. The molecule has 0 atom stereocenters. The monoisotopic (exact) mass is 298 g/mol. The first-order chi connectivity index (χ1) is 10.5. The van der Waals surface area contributed by atoms with Crippen LogP contribution in [0.1, 0.15) is 31.1 Å². The van der Waals surface area contributed by atoms with E-state index in [2.05, 4.69) is 5.32 Å². The predicted octanol–water partition coefficient (Wildman–Crippen LogP) is 1.78. The summed E-state index contributed by atoms with van der Waals surface area (Å²) >= 11 is 0. The van der Waals surface area contributed by atoms with Crippen LogP contribution in [0.2, 0.25) is 0 Å². The van der Waals surface area contributed by atoms with Crippen molar-refractivity contribution in [3.05, 3.63) is 65.2 Å². The van der Waals surface area contributed by atoms with Crippen molar-refractivity contribution in [3.8, 4) is 0 Å². The Bertz CT molecular complexity index is 740.